The van der Waals surface area contributed by atoms with Crippen molar-refractivity contribution in [2.75, 3.05) is 11.9 Å². The fraction of sp³-hybridized carbons (Fsp3) is 0.235. The van der Waals surface area contributed by atoms with E-state index >= 15 is 0 Å². The molecule has 0 fully saturated rings. The maximum Gasteiger partial charge on any atom is 0.262 e. The number of anilines is 1. The third-order valence-corrected chi connectivity index (χ3v) is 4.63. The molecule has 5 heteroatoms. The molecule has 3 rings (SSSR count). The number of carbonyl (C=O) groups excluding carboxylic acids is 1. The molecule has 1 aliphatic heterocycles. The summed E-state index contributed by atoms with van der Waals surface area (Å²) in [5, 5.41) is 11.8. The monoisotopic (exact) mass is 314 g/mol. The number of unbranched alkanes of at least 4 members (excludes halogenated alkanes) is 1. The standard InChI is InChI=1S/C17H18N2O2S/c20-11-4-3-9-19-10-5-6-13(19)12-16-17(21)18-14-7-1-2-8-15(14)22-16/h1-2,5-8,10,12,20H,3-4,9,11H2,(H,18,21). The first-order chi connectivity index (χ1) is 10.8. The summed E-state index contributed by atoms with van der Waals surface area (Å²) in [6.07, 6.45) is 5.64. The number of aliphatic hydroxyl groups excluding tert-OH is 1. The number of aliphatic hydroxyl groups is 1. The topological polar surface area (TPSA) is 54.3 Å². The fourth-order valence-electron chi connectivity index (χ4n) is 2.39. The number of aryl methyl sites for hydroxylation is 1. The van der Waals surface area contributed by atoms with Crippen LogP contribution in [-0.2, 0) is 11.3 Å². The number of para-hydroxylation sites is 1. The van der Waals surface area contributed by atoms with Crippen molar-refractivity contribution in [3.63, 3.8) is 0 Å². The first kappa shape index (κ1) is 14.9. The number of hydrogen-bond donors (Lipinski definition) is 2. The SMILES string of the molecule is O=C1Nc2ccccc2SC1=Cc1cccn1CCCCO. The molecule has 1 amide bonds. The average Bonchev–Trinajstić information content (AvgIpc) is 2.96. The zero-order valence-electron chi connectivity index (χ0n) is 12.2. The number of benzene rings is 1. The maximum atomic E-state index is 12.2. The zero-order chi connectivity index (χ0) is 15.4. The van der Waals surface area contributed by atoms with Gasteiger partial charge in [0.2, 0.25) is 0 Å². The van der Waals surface area contributed by atoms with Crippen LogP contribution >= 0.6 is 11.8 Å². The molecule has 2 N–H and O–H groups in total. The molecule has 0 saturated carbocycles. The van der Waals surface area contributed by atoms with Gasteiger partial charge in [-0.3, -0.25) is 4.79 Å². The highest BCUT2D eigenvalue weighted by Gasteiger charge is 2.20. The van der Waals surface area contributed by atoms with E-state index in [2.05, 4.69) is 9.88 Å². The van der Waals surface area contributed by atoms with E-state index in [1.54, 1.807) is 0 Å². The number of aromatic nitrogens is 1. The minimum absolute atomic E-state index is 0.0631. The van der Waals surface area contributed by atoms with Crippen LogP contribution in [0.25, 0.3) is 6.08 Å². The smallest absolute Gasteiger partial charge is 0.262 e. The molecule has 4 nitrogen and oxygen atoms in total. The van der Waals surface area contributed by atoms with Gasteiger partial charge in [-0.1, -0.05) is 23.9 Å². The maximum absolute atomic E-state index is 12.2. The number of carbonyl (C=O) groups is 1. The molecule has 114 valence electrons. The highest BCUT2D eigenvalue weighted by atomic mass is 32.2. The van der Waals surface area contributed by atoms with Crippen LogP contribution in [-0.4, -0.2) is 22.2 Å². The van der Waals surface area contributed by atoms with Crippen molar-refractivity contribution in [1.29, 1.82) is 0 Å². The third kappa shape index (κ3) is 3.26. The van der Waals surface area contributed by atoms with E-state index in [1.807, 2.05) is 48.7 Å². The Morgan fingerprint density at radius 3 is 2.91 bits per heavy atom. The molecule has 0 atom stereocenters. The Hall–Kier alpha value is -1.98. The second-order valence-corrected chi connectivity index (χ2v) is 6.20. The molecule has 0 radical (unpaired) electrons. The molecule has 2 heterocycles. The van der Waals surface area contributed by atoms with Gasteiger partial charge >= 0.3 is 0 Å². The molecule has 0 aliphatic carbocycles. The van der Waals surface area contributed by atoms with E-state index in [4.69, 9.17) is 5.11 Å². The van der Waals surface area contributed by atoms with Gasteiger partial charge in [0.25, 0.3) is 5.91 Å². The summed E-state index contributed by atoms with van der Waals surface area (Å²) in [6, 6.07) is 11.8. The minimum Gasteiger partial charge on any atom is -0.396 e. The molecule has 0 bridgehead atoms. The lowest BCUT2D eigenvalue weighted by atomic mass is 10.3. The van der Waals surface area contributed by atoms with Crippen molar-refractivity contribution in [3.05, 3.63) is 53.2 Å². The van der Waals surface area contributed by atoms with Crippen LogP contribution in [0.5, 0.6) is 0 Å². The van der Waals surface area contributed by atoms with Gasteiger partial charge in [0.15, 0.2) is 0 Å². The van der Waals surface area contributed by atoms with Crippen LogP contribution in [0.4, 0.5) is 5.69 Å². The van der Waals surface area contributed by atoms with Crippen LogP contribution in [0.1, 0.15) is 18.5 Å². The Morgan fingerprint density at radius 2 is 2.05 bits per heavy atom. The number of nitrogens with zero attached hydrogens (tertiary/aromatic N) is 1. The van der Waals surface area contributed by atoms with Crippen LogP contribution < -0.4 is 5.32 Å². The lowest BCUT2D eigenvalue weighted by molar-refractivity contribution is -0.112. The van der Waals surface area contributed by atoms with Crippen molar-refractivity contribution in [2.45, 2.75) is 24.3 Å². The molecule has 1 aliphatic rings. The summed E-state index contributed by atoms with van der Waals surface area (Å²) in [4.78, 5) is 14.0. The van der Waals surface area contributed by atoms with Crippen molar-refractivity contribution in [1.82, 2.24) is 4.57 Å². The van der Waals surface area contributed by atoms with Crippen LogP contribution in [0.3, 0.4) is 0 Å². The van der Waals surface area contributed by atoms with Crippen molar-refractivity contribution in [3.8, 4) is 0 Å². The molecule has 0 spiro atoms. The molecule has 0 unspecified atom stereocenters. The van der Waals surface area contributed by atoms with Crippen LogP contribution in [0.2, 0.25) is 0 Å². The van der Waals surface area contributed by atoms with Crippen LogP contribution in [0.15, 0.2) is 52.4 Å². The lowest BCUT2D eigenvalue weighted by Gasteiger charge is -2.18. The molecule has 22 heavy (non-hydrogen) atoms. The summed E-state index contributed by atoms with van der Waals surface area (Å²) < 4.78 is 2.11. The largest absolute Gasteiger partial charge is 0.396 e. The Balaban J connectivity index is 1.81. The summed E-state index contributed by atoms with van der Waals surface area (Å²) in [6.45, 7) is 1.06. The number of thioether (sulfide) groups is 1. The predicted octanol–water partition coefficient (Wildman–Crippen LogP) is 3.35. The summed E-state index contributed by atoms with van der Waals surface area (Å²) >= 11 is 1.50. The van der Waals surface area contributed by atoms with Gasteiger partial charge in [-0.15, -0.1) is 0 Å². The van der Waals surface area contributed by atoms with Gasteiger partial charge < -0.3 is 15.0 Å². The van der Waals surface area contributed by atoms with Crippen LogP contribution in [0, 0.1) is 0 Å². The third-order valence-electron chi connectivity index (χ3n) is 3.53. The number of hydrogen-bond acceptors (Lipinski definition) is 3. The average molecular weight is 314 g/mol. The molecule has 0 saturated heterocycles. The Morgan fingerprint density at radius 1 is 1.18 bits per heavy atom. The molecular formula is C17H18N2O2S. The Kier molecular flexibility index (Phi) is 4.65. The van der Waals surface area contributed by atoms with Gasteiger partial charge in [-0.25, -0.2) is 0 Å². The molecular weight excluding hydrogens is 296 g/mol. The summed E-state index contributed by atoms with van der Waals surface area (Å²) in [7, 11) is 0. The van der Waals surface area contributed by atoms with E-state index in [-0.39, 0.29) is 12.5 Å². The van der Waals surface area contributed by atoms with E-state index in [0.29, 0.717) is 4.91 Å². The highest BCUT2D eigenvalue weighted by Crippen LogP contribution is 2.38. The zero-order valence-corrected chi connectivity index (χ0v) is 13.0. The van der Waals surface area contributed by atoms with Gasteiger partial charge in [0.05, 0.1) is 10.6 Å². The summed E-state index contributed by atoms with van der Waals surface area (Å²) in [5.41, 5.74) is 1.88. The van der Waals surface area contributed by atoms with Crippen molar-refractivity contribution < 1.29 is 9.90 Å². The number of nitrogens with one attached hydrogen (secondary N) is 1. The van der Waals surface area contributed by atoms with E-state index in [9.17, 15) is 4.79 Å². The minimum atomic E-state index is -0.0631. The van der Waals surface area contributed by atoms with E-state index in [0.717, 1.165) is 35.7 Å². The number of rotatable bonds is 5. The second kappa shape index (κ2) is 6.85. The molecule has 1 aromatic heterocycles. The van der Waals surface area contributed by atoms with Gasteiger partial charge in [-0.2, -0.15) is 0 Å². The molecule has 2 aromatic rings. The number of amides is 1. The predicted molar refractivity (Wildman–Crippen MR) is 89.7 cm³/mol. The fourth-order valence-corrected chi connectivity index (χ4v) is 3.33. The van der Waals surface area contributed by atoms with E-state index < -0.39 is 0 Å². The van der Waals surface area contributed by atoms with Crippen molar-refractivity contribution >= 4 is 29.4 Å². The highest BCUT2D eigenvalue weighted by molar-refractivity contribution is 8.04. The summed E-state index contributed by atoms with van der Waals surface area (Å²) in [5.74, 6) is -0.0631. The first-order valence-corrected chi connectivity index (χ1v) is 8.15. The second-order valence-electron chi connectivity index (χ2n) is 5.12. The van der Waals surface area contributed by atoms with Crippen molar-refractivity contribution in [2.24, 2.45) is 0 Å². The van der Waals surface area contributed by atoms with Gasteiger partial charge in [-0.05, 0) is 43.2 Å². The Labute approximate surface area is 133 Å². The lowest BCUT2D eigenvalue weighted by Crippen LogP contribution is -2.17. The quantitative estimate of drug-likeness (QED) is 0.657. The normalized spacial score (nSPS) is 15.7. The van der Waals surface area contributed by atoms with Gasteiger partial charge in [0.1, 0.15) is 0 Å². The Bertz CT molecular complexity index is 706. The number of fused-ring (bicyclic) bond motifs is 1. The van der Waals surface area contributed by atoms with Gasteiger partial charge in [0, 0.05) is 29.9 Å². The molecule has 1 aromatic carbocycles. The first-order valence-electron chi connectivity index (χ1n) is 7.34. The van der Waals surface area contributed by atoms with E-state index in [1.165, 1.54) is 11.8 Å².